The smallest absolute Gasteiger partial charge is 0.177 e. The minimum Gasteiger partial charge on any atom is -0.332 e. The number of fused-ring (bicyclic) bond motifs is 3. The van der Waals surface area contributed by atoms with Gasteiger partial charge >= 0.3 is 0 Å². The van der Waals surface area contributed by atoms with E-state index in [1.165, 1.54) is 11.1 Å². The van der Waals surface area contributed by atoms with Crippen LogP contribution in [0.1, 0.15) is 11.1 Å². The number of benzene rings is 2. The molecule has 0 amide bonds. The SMILES string of the molecule is Cc1ccc(N(C)C(=S)Nc2cc3ccncc3c3ncccc23)cc1C. The van der Waals surface area contributed by atoms with Crippen LogP contribution in [-0.4, -0.2) is 22.1 Å². The van der Waals surface area contributed by atoms with Crippen LogP contribution in [0.25, 0.3) is 21.7 Å². The minimum absolute atomic E-state index is 0.636. The number of aryl methyl sites for hydroxylation is 2. The molecule has 1 N–H and O–H groups in total. The normalized spacial score (nSPS) is 10.9. The van der Waals surface area contributed by atoms with Crippen molar-refractivity contribution in [3.05, 3.63) is 72.2 Å². The van der Waals surface area contributed by atoms with Gasteiger partial charge in [0.25, 0.3) is 0 Å². The van der Waals surface area contributed by atoms with Gasteiger partial charge in [0.2, 0.25) is 0 Å². The van der Waals surface area contributed by atoms with Gasteiger partial charge in [-0.15, -0.1) is 0 Å². The van der Waals surface area contributed by atoms with E-state index in [0.29, 0.717) is 5.11 Å². The topological polar surface area (TPSA) is 41.0 Å². The molecule has 4 aromatic rings. The van der Waals surface area contributed by atoms with Gasteiger partial charge in [-0.1, -0.05) is 6.07 Å². The van der Waals surface area contributed by atoms with E-state index in [4.69, 9.17) is 12.2 Å². The Labute approximate surface area is 163 Å². The third kappa shape index (κ3) is 3.22. The van der Waals surface area contributed by atoms with Crippen LogP contribution in [0.4, 0.5) is 11.4 Å². The van der Waals surface area contributed by atoms with Gasteiger partial charge in [-0.2, -0.15) is 0 Å². The fraction of sp³-hybridized carbons (Fsp3) is 0.136. The summed E-state index contributed by atoms with van der Waals surface area (Å²) in [6.45, 7) is 4.22. The molecule has 0 atom stereocenters. The molecule has 0 radical (unpaired) electrons. The fourth-order valence-corrected chi connectivity index (χ4v) is 3.37. The van der Waals surface area contributed by atoms with Crippen molar-refractivity contribution in [3.63, 3.8) is 0 Å². The summed E-state index contributed by atoms with van der Waals surface area (Å²) in [5.41, 5.74) is 5.43. The third-order valence-corrected chi connectivity index (χ3v) is 5.31. The summed E-state index contributed by atoms with van der Waals surface area (Å²) in [5.74, 6) is 0. The van der Waals surface area contributed by atoms with Crippen LogP contribution in [0, 0.1) is 13.8 Å². The van der Waals surface area contributed by atoms with E-state index in [1.807, 2.05) is 30.3 Å². The molecular formula is C22H20N4S. The Morgan fingerprint density at radius 2 is 1.85 bits per heavy atom. The van der Waals surface area contributed by atoms with E-state index >= 15 is 0 Å². The van der Waals surface area contributed by atoms with E-state index in [1.54, 1.807) is 12.4 Å². The first-order valence-electron chi connectivity index (χ1n) is 8.78. The Balaban J connectivity index is 1.73. The molecule has 2 heterocycles. The van der Waals surface area contributed by atoms with Crippen molar-refractivity contribution in [2.75, 3.05) is 17.3 Å². The molecule has 4 rings (SSSR count). The molecule has 2 aromatic carbocycles. The Hall–Kier alpha value is -3.05. The molecule has 134 valence electrons. The lowest BCUT2D eigenvalue weighted by Crippen LogP contribution is -2.31. The monoisotopic (exact) mass is 372 g/mol. The average Bonchev–Trinajstić information content (AvgIpc) is 2.69. The first-order valence-corrected chi connectivity index (χ1v) is 9.19. The molecule has 27 heavy (non-hydrogen) atoms. The highest BCUT2D eigenvalue weighted by Crippen LogP contribution is 2.30. The molecule has 0 fully saturated rings. The maximum absolute atomic E-state index is 5.68. The summed E-state index contributed by atoms with van der Waals surface area (Å²) in [4.78, 5) is 10.8. The van der Waals surface area contributed by atoms with Crippen LogP contribution in [0.5, 0.6) is 0 Å². The molecular weight excluding hydrogens is 352 g/mol. The van der Waals surface area contributed by atoms with Gasteiger partial charge in [0.05, 0.1) is 11.2 Å². The Morgan fingerprint density at radius 3 is 2.67 bits per heavy atom. The minimum atomic E-state index is 0.636. The zero-order chi connectivity index (χ0) is 19.0. The predicted molar refractivity (Wildman–Crippen MR) is 118 cm³/mol. The van der Waals surface area contributed by atoms with Crippen molar-refractivity contribution < 1.29 is 0 Å². The van der Waals surface area contributed by atoms with Gasteiger partial charge in [0.1, 0.15) is 0 Å². The van der Waals surface area contributed by atoms with E-state index in [2.05, 4.69) is 59.5 Å². The van der Waals surface area contributed by atoms with Gasteiger partial charge in [0.15, 0.2) is 5.11 Å². The van der Waals surface area contributed by atoms with Crippen molar-refractivity contribution in [3.8, 4) is 0 Å². The molecule has 0 saturated heterocycles. The van der Waals surface area contributed by atoms with Crippen molar-refractivity contribution in [1.29, 1.82) is 0 Å². The largest absolute Gasteiger partial charge is 0.332 e. The van der Waals surface area contributed by atoms with E-state index in [-0.39, 0.29) is 0 Å². The second kappa shape index (κ2) is 6.93. The zero-order valence-corrected chi connectivity index (χ0v) is 16.3. The molecule has 2 aromatic heterocycles. The Bertz CT molecular complexity index is 1170. The van der Waals surface area contributed by atoms with Gasteiger partial charge in [0, 0.05) is 42.1 Å². The molecule has 0 unspecified atom stereocenters. The van der Waals surface area contributed by atoms with Crippen molar-refractivity contribution in [2.45, 2.75) is 13.8 Å². The summed E-state index contributed by atoms with van der Waals surface area (Å²) in [6, 6.07) is 14.4. The highest BCUT2D eigenvalue weighted by molar-refractivity contribution is 7.80. The summed E-state index contributed by atoms with van der Waals surface area (Å²) >= 11 is 5.68. The summed E-state index contributed by atoms with van der Waals surface area (Å²) in [5, 5.41) is 7.18. The van der Waals surface area contributed by atoms with Gasteiger partial charge in [-0.25, -0.2) is 0 Å². The zero-order valence-electron chi connectivity index (χ0n) is 15.5. The number of thiocarbonyl (C=S) groups is 1. The lowest BCUT2D eigenvalue weighted by atomic mass is 10.1. The standard InChI is InChI=1S/C22H20N4S/c1-14-6-7-17(11-15(14)2)26(3)22(27)25-20-12-16-8-10-23-13-19(16)21-18(20)5-4-9-24-21/h4-13H,1-3H3,(H,25,27). The first kappa shape index (κ1) is 17.4. The maximum atomic E-state index is 5.68. The molecule has 0 aliphatic carbocycles. The maximum Gasteiger partial charge on any atom is 0.177 e. The molecule has 0 aliphatic heterocycles. The highest BCUT2D eigenvalue weighted by atomic mass is 32.1. The van der Waals surface area contributed by atoms with Crippen molar-refractivity contribution in [2.24, 2.45) is 0 Å². The number of rotatable bonds is 2. The van der Waals surface area contributed by atoms with E-state index in [9.17, 15) is 0 Å². The summed E-state index contributed by atoms with van der Waals surface area (Å²) < 4.78 is 0. The van der Waals surface area contributed by atoms with Crippen LogP contribution < -0.4 is 10.2 Å². The number of pyridine rings is 2. The molecule has 0 aliphatic rings. The van der Waals surface area contributed by atoms with Gasteiger partial charge < -0.3 is 10.2 Å². The molecule has 0 saturated carbocycles. The van der Waals surface area contributed by atoms with Crippen LogP contribution in [0.2, 0.25) is 0 Å². The summed E-state index contributed by atoms with van der Waals surface area (Å²) in [7, 11) is 1.98. The molecule has 0 bridgehead atoms. The Morgan fingerprint density at radius 1 is 1.00 bits per heavy atom. The number of anilines is 2. The van der Waals surface area contributed by atoms with E-state index in [0.717, 1.165) is 33.1 Å². The molecule has 5 heteroatoms. The number of hydrogen-bond donors (Lipinski definition) is 1. The van der Waals surface area contributed by atoms with Crippen LogP contribution in [0.3, 0.4) is 0 Å². The molecule has 4 nitrogen and oxygen atoms in total. The van der Waals surface area contributed by atoms with Crippen LogP contribution >= 0.6 is 12.2 Å². The second-order valence-electron chi connectivity index (χ2n) is 6.68. The average molecular weight is 372 g/mol. The molecule has 0 spiro atoms. The lowest BCUT2D eigenvalue weighted by molar-refractivity contribution is 1.24. The third-order valence-electron chi connectivity index (χ3n) is 4.93. The fourth-order valence-electron chi connectivity index (χ4n) is 3.15. The predicted octanol–water partition coefficient (Wildman–Crippen LogP) is 5.23. The van der Waals surface area contributed by atoms with Crippen LogP contribution in [-0.2, 0) is 0 Å². The van der Waals surface area contributed by atoms with E-state index < -0.39 is 0 Å². The quantitative estimate of drug-likeness (QED) is 0.385. The summed E-state index contributed by atoms with van der Waals surface area (Å²) in [6.07, 6.45) is 5.45. The second-order valence-corrected chi connectivity index (χ2v) is 7.06. The van der Waals surface area contributed by atoms with Gasteiger partial charge in [-0.05, 0) is 79.0 Å². The first-order chi connectivity index (χ1) is 13.0. The van der Waals surface area contributed by atoms with Crippen LogP contribution in [0.15, 0.2) is 61.1 Å². The lowest BCUT2D eigenvalue weighted by Gasteiger charge is -2.23. The number of hydrogen-bond acceptors (Lipinski definition) is 3. The number of aromatic nitrogens is 2. The van der Waals surface area contributed by atoms with Crippen molar-refractivity contribution >= 4 is 50.4 Å². The highest BCUT2D eigenvalue weighted by Gasteiger charge is 2.12. The number of nitrogens with zero attached hydrogens (tertiary/aromatic N) is 3. The van der Waals surface area contributed by atoms with Crippen molar-refractivity contribution in [1.82, 2.24) is 9.97 Å². The van der Waals surface area contributed by atoms with Gasteiger partial charge in [-0.3, -0.25) is 9.97 Å². The number of nitrogens with one attached hydrogen (secondary N) is 1. The Kier molecular flexibility index (Phi) is 4.46.